The van der Waals surface area contributed by atoms with E-state index in [0.29, 0.717) is 35.5 Å². The molecule has 158 valence electrons. The molecule has 3 aliphatic rings. The van der Waals surface area contributed by atoms with Crippen molar-refractivity contribution in [3.05, 3.63) is 70.1 Å². The summed E-state index contributed by atoms with van der Waals surface area (Å²) < 4.78 is 1.54. The third-order valence-corrected chi connectivity index (χ3v) is 6.79. The monoisotopic (exact) mass is 414 g/mol. The van der Waals surface area contributed by atoms with Gasteiger partial charge in [-0.1, -0.05) is 36.4 Å². The highest BCUT2D eigenvalue weighted by atomic mass is 16.2. The molecule has 1 aliphatic heterocycles. The number of fused-ring (bicyclic) bond motifs is 1. The van der Waals surface area contributed by atoms with Crippen molar-refractivity contribution in [1.29, 1.82) is 0 Å². The number of hydrogen-bond donors (Lipinski definition) is 0. The van der Waals surface area contributed by atoms with Crippen LogP contribution in [0.4, 0.5) is 5.69 Å². The molecule has 2 aliphatic carbocycles. The van der Waals surface area contributed by atoms with E-state index in [9.17, 15) is 9.59 Å². The Labute approximate surface area is 181 Å². The number of rotatable bonds is 4. The molecule has 3 fully saturated rings. The van der Waals surface area contributed by atoms with E-state index >= 15 is 0 Å². The largest absolute Gasteiger partial charge is 0.368 e. The lowest BCUT2D eigenvalue weighted by molar-refractivity contribution is 0.0740. The summed E-state index contributed by atoms with van der Waals surface area (Å²) in [7, 11) is 0. The summed E-state index contributed by atoms with van der Waals surface area (Å²) in [5.41, 5.74) is 3.10. The van der Waals surface area contributed by atoms with Crippen LogP contribution < -0.4 is 10.5 Å². The standard InChI is InChI=1S/C25H26N4O2/c30-24-21-7-2-1-6-20(21)23(26-29(24)18-11-12-18)25(31)28-15-13-27(14-16-28)22-8-4-3-5-19(22)17-9-10-17/h1-8,17-18H,9-16H2. The molecular weight excluding hydrogens is 388 g/mol. The van der Waals surface area contributed by atoms with Gasteiger partial charge in [0.1, 0.15) is 0 Å². The highest BCUT2D eigenvalue weighted by Gasteiger charge is 2.32. The van der Waals surface area contributed by atoms with E-state index in [1.165, 1.54) is 28.8 Å². The lowest BCUT2D eigenvalue weighted by Crippen LogP contribution is -2.49. The normalized spacial score (nSPS) is 19.1. The average molecular weight is 415 g/mol. The minimum absolute atomic E-state index is 0.0688. The van der Waals surface area contributed by atoms with Crippen molar-refractivity contribution in [3.8, 4) is 0 Å². The number of benzene rings is 2. The lowest BCUT2D eigenvalue weighted by Gasteiger charge is -2.37. The fraction of sp³-hybridized carbons (Fsp3) is 0.400. The zero-order valence-corrected chi connectivity index (χ0v) is 17.5. The topological polar surface area (TPSA) is 58.4 Å². The van der Waals surface area contributed by atoms with Crippen LogP contribution in [0.15, 0.2) is 53.3 Å². The van der Waals surface area contributed by atoms with Crippen LogP contribution in [0.5, 0.6) is 0 Å². The maximum absolute atomic E-state index is 13.5. The Kier molecular flexibility index (Phi) is 4.33. The van der Waals surface area contributed by atoms with E-state index in [1.54, 1.807) is 0 Å². The van der Waals surface area contributed by atoms with Gasteiger partial charge in [-0.3, -0.25) is 9.59 Å². The van der Waals surface area contributed by atoms with Crippen molar-refractivity contribution in [2.24, 2.45) is 0 Å². The van der Waals surface area contributed by atoms with E-state index in [-0.39, 0.29) is 17.5 Å². The van der Waals surface area contributed by atoms with Crippen molar-refractivity contribution in [1.82, 2.24) is 14.7 Å². The molecule has 0 atom stereocenters. The quantitative estimate of drug-likeness (QED) is 0.655. The Balaban J connectivity index is 1.27. The number of amides is 1. The molecule has 2 aromatic carbocycles. The zero-order valence-electron chi connectivity index (χ0n) is 17.5. The zero-order chi connectivity index (χ0) is 20.9. The molecule has 6 heteroatoms. The molecule has 31 heavy (non-hydrogen) atoms. The van der Waals surface area contributed by atoms with E-state index in [4.69, 9.17) is 0 Å². The fourth-order valence-electron chi connectivity index (χ4n) is 4.75. The maximum Gasteiger partial charge on any atom is 0.275 e. The first-order valence-electron chi connectivity index (χ1n) is 11.4. The van der Waals surface area contributed by atoms with E-state index in [2.05, 4.69) is 34.3 Å². The number of aromatic nitrogens is 2. The lowest BCUT2D eigenvalue weighted by atomic mass is 10.1. The molecule has 6 rings (SSSR count). The van der Waals surface area contributed by atoms with E-state index in [0.717, 1.165) is 25.9 Å². The number of anilines is 1. The van der Waals surface area contributed by atoms with Crippen molar-refractivity contribution in [3.63, 3.8) is 0 Å². The van der Waals surface area contributed by atoms with Crippen LogP contribution in [0.1, 0.15) is 53.7 Å². The van der Waals surface area contributed by atoms with Crippen molar-refractivity contribution >= 4 is 22.4 Å². The Bertz CT molecular complexity index is 1220. The molecule has 1 saturated heterocycles. The van der Waals surface area contributed by atoms with Crippen molar-refractivity contribution in [2.75, 3.05) is 31.1 Å². The smallest absolute Gasteiger partial charge is 0.275 e. The summed E-state index contributed by atoms with van der Waals surface area (Å²) in [5, 5.41) is 5.81. The Hall–Kier alpha value is -3.15. The minimum Gasteiger partial charge on any atom is -0.368 e. The molecular formula is C25H26N4O2. The van der Waals surface area contributed by atoms with Crippen LogP contribution in [-0.4, -0.2) is 46.8 Å². The molecule has 0 unspecified atom stereocenters. The van der Waals surface area contributed by atoms with Crippen LogP contribution >= 0.6 is 0 Å². The first kappa shape index (κ1) is 18.6. The van der Waals surface area contributed by atoms with Gasteiger partial charge in [0, 0.05) is 37.3 Å². The highest BCUT2D eigenvalue weighted by molar-refractivity contribution is 6.04. The van der Waals surface area contributed by atoms with Crippen LogP contribution in [0.3, 0.4) is 0 Å². The average Bonchev–Trinajstić information content (AvgIpc) is 3.72. The third-order valence-electron chi connectivity index (χ3n) is 6.79. The molecule has 1 amide bonds. The summed E-state index contributed by atoms with van der Waals surface area (Å²) in [4.78, 5) is 30.6. The molecule has 1 aromatic heterocycles. The summed E-state index contributed by atoms with van der Waals surface area (Å²) in [5.74, 6) is 0.635. The molecule has 0 radical (unpaired) electrons. The second-order valence-corrected chi connectivity index (χ2v) is 8.99. The van der Waals surface area contributed by atoms with E-state index < -0.39 is 0 Å². The third kappa shape index (κ3) is 3.30. The highest BCUT2D eigenvalue weighted by Crippen LogP contribution is 2.44. The molecule has 6 nitrogen and oxygen atoms in total. The van der Waals surface area contributed by atoms with Crippen LogP contribution in [-0.2, 0) is 0 Å². The molecule has 0 N–H and O–H groups in total. The number of piperazine rings is 1. The van der Waals surface area contributed by atoms with E-state index in [1.807, 2.05) is 29.2 Å². The molecule has 0 bridgehead atoms. The Morgan fingerprint density at radius 1 is 0.839 bits per heavy atom. The van der Waals surface area contributed by atoms with Gasteiger partial charge in [-0.15, -0.1) is 0 Å². The molecule has 2 saturated carbocycles. The van der Waals surface area contributed by atoms with Crippen LogP contribution in [0.25, 0.3) is 10.8 Å². The fourth-order valence-corrected chi connectivity index (χ4v) is 4.75. The van der Waals surface area contributed by atoms with Crippen molar-refractivity contribution in [2.45, 2.75) is 37.6 Å². The number of carbonyl (C=O) groups excluding carboxylic acids is 1. The summed E-state index contributed by atoms with van der Waals surface area (Å²) in [6.07, 6.45) is 4.48. The number of carbonyl (C=O) groups is 1. The van der Waals surface area contributed by atoms with Crippen molar-refractivity contribution < 1.29 is 4.79 Å². The van der Waals surface area contributed by atoms with Gasteiger partial charge < -0.3 is 9.80 Å². The summed E-state index contributed by atoms with van der Waals surface area (Å²) in [6, 6.07) is 16.2. The SMILES string of the molecule is O=C(c1nn(C2CC2)c(=O)c2ccccc12)N1CCN(c2ccccc2C2CC2)CC1. The molecule has 3 aromatic rings. The minimum atomic E-state index is -0.0869. The second kappa shape index (κ2) is 7.22. The maximum atomic E-state index is 13.5. The van der Waals surface area contributed by atoms with Crippen LogP contribution in [0.2, 0.25) is 0 Å². The first-order valence-corrected chi connectivity index (χ1v) is 11.4. The van der Waals surface area contributed by atoms with Crippen LogP contribution in [0, 0.1) is 0 Å². The van der Waals surface area contributed by atoms with Gasteiger partial charge in [0.2, 0.25) is 0 Å². The van der Waals surface area contributed by atoms with Gasteiger partial charge >= 0.3 is 0 Å². The van der Waals surface area contributed by atoms with Gasteiger partial charge in [-0.05, 0) is 49.3 Å². The summed E-state index contributed by atoms with van der Waals surface area (Å²) in [6.45, 7) is 2.96. The summed E-state index contributed by atoms with van der Waals surface area (Å²) >= 11 is 0. The molecule has 2 heterocycles. The molecule has 0 spiro atoms. The van der Waals surface area contributed by atoms with Gasteiger partial charge in [-0.2, -0.15) is 5.10 Å². The number of nitrogens with zero attached hydrogens (tertiary/aromatic N) is 4. The van der Waals surface area contributed by atoms with Gasteiger partial charge in [0.25, 0.3) is 11.5 Å². The Morgan fingerprint density at radius 2 is 1.52 bits per heavy atom. The first-order chi connectivity index (χ1) is 15.2. The predicted molar refractivity (Wildman–Crippen MR) is 121 cm³/mol. The predicted octanol–water partition coefficient (Wildman–Crippen LogP) is 3.57. The van der Waals surface area contributed by atoms with Gasteiger partial charge in [0.05, 0.1) is 11.4 Å². The van der Waals surface area contributed by atoms with Gasteiger partial charge in [0.15, 0.2) is 5.69 Å². The van der Waals surface area contributed by atoms with Gasteiger partial charge in [-0.25, -0.2) is 4.68 Å². The second-order valence-electron chi connectivity index (χ2n) is 8.99. The Morgan fingerprint density at radius 3 is 2.23 bits per heavy atom. The number of para-hydroxylation sites is 1. The number of hydrogen-bond acceptors (Lipinski definition) is 4.